The highest BCUT2D eigenvalue weighted by Crippen LogP contribution is 2.28. The molecule has 12 heavy (non-hydrogen) atoms. The van der Waals surface area contributed by atoms with E-state index in [1.165, 1.54) is 32.1 Å². The molecule has 0 aromatic rings. The summed E-state index contributed by atoms with van der Waals surface area (Å²) in [5.74, 6) is 1.91. The third-order valence-corrected chi connectivity index (χ3v) is 3.06. The first-order valence-electron chi connectivity index (χ1n) is 5.39. The van der Waals surface area contributed by atoms with E-state index >= 15 is 0 Å². The van der Waals surface area contributed by atoms with Crippen molar-refractivity contribution in [2.45, 2.75) is 52.0 Å². The van der Waals surface area contributed by atoms with Crippen molar-refractivity contribution in [1.29, 1.82) is 0 Å². The van der Waals surface area contributed by atoms with Gasteiger partial charge in [0, 0.05) is 6.04 Å². The first kappa shape index (κ1) is 10.0. The lowest BCUT2D eigenvalue weighted by Gasteiger charge is -2.29. The molecule has 1 aliphatic carbocycles. The molecule has 0 amide bonds. The number of nitrogens with one attached hydrogen (secondary N) is 1. The van der Waals surface area contributed by atoms with Crippen LogP contribution in [0.1, 0.15) is 46.0 Å². The smallest absolute Gasteiger partial charge is 0.00642 e. The second-order valence-corrected chi connectivity index (χ2v) is 4.64. The number of hydrogen-bond acceptors (Lipinski definition) is 1. The van der Waals surface area contributed by atoms with Crippen molar-refractivity contribution in [2.24, 2.45) is 11.8 Å². The Labute approximate surface area is 76.9 Å². The monoisotopic (exact) mass is 169 g/mol. The summed E-state index contributed by atoms with van der Waals surface area (Å²) < 4.78 is 0. The van der Waals surface area contributed by atoms with Crippen LogP contribution in [0.4, 0.5) is 0 Å². The van der Waals surface area contributed by atoms with Crippen LogP contribution in [0.3, 0.4) is 0 Å². The maximum Gasteiger partial charge on any atom is 0.00642 e. The first-order valence-corrected chi connectivity index (χ1v) is 5.39. The highest BCUT2D eigenvalue weighted by Gasteiger charge is 2.20. The van der Waals surface area contributed by atoms with Crippen LogP contribution >= 0.6 is 0 Å². The van der Waals surface area contributed by atoms with E-state index in [2.05, 4.69) is 26.2 Å². The van der Waals surface area contributed by atoms with Crippen molar-refractivity contribution in [1.82, 2.24) is 5.32 Å². The highest BCUT2D eigenvalue weighted by molar-refractivity contribution is 4.76. The Hall–Kier alpha value is -0.0400. The number of hydrogen-bond donors (Lipinski definition) is 1. The Morgan fingerprint density at radius 2 is 1.75 bits per heavy atom. The molecule has 0 atom stereocenters. The van der Waals surface area contributed by atoms with Gasteiger partial charge in [-0.15, -0.1) is 0 Å². The van der Waals surface area contributed by atoms with Crippen LogP contribution in [0, 0.1) is 11.8 Å². The summed E-state index contributed by atoms with van der Waals surface area (Å²) >= 11 is 0. The fourth-order valence-electron chi connectivity index (χ4n) is 2.35. The zero-order valence-electron chi connectivity index (χ0n) is 8.77. The molecule has 1 N–H and O–H groups in total. The lowest BCUT2D eigenvalue weighted by Crippen LogP contribution is -2.30. The van der Waals surface area contributed by atoms with E-state index in [-0.39, 0.29) is 0 Å². The molecule has 0 aromatic carbocycles. The molecule has 0 aromatic heterocycles. The molecule has 0 unspecified atom stereocenters. The summed E-state index contributed by atoms with van der Waals surface area (Å²) in [5.41, 5.74) is 0. The molecule has 1 heteroatoms. The molecule has 1 nitrogen and oxygen atoms in total. The molecule has 1 fully saturated rings. The van der Waals surface area contributed by atoms with E-state index in [4.69, 9.17) is 0 Å². The van der Waals surface area contributed by atoms with Crippen LogP contribution in [0.25, 0.3) is 0 Å². The molecule has 0 heterocycles. The predicted octanol–water partition coefficient (Wildman–Crippen LogP) is 2.81. The summed E-state index contributed by atoms with van der Waals surface area (Å²) in [4.78, 5) is 0. The van der Waals surface area contributed by atoms with Gasteiger partial charge in [-0.25, -0.2) is 0 Å². The van der Waals surface area contributed by atoms with Gasteiger partial charge in [0.25, 0.3) is 0 Å². The van der Waals surface area contributed by atoms with E-state index in [1.807, 2.05) is 0 Å². The molecule has 0 spiro atoms. The van der Waals surface area contributed by atoms with Gasteiger partial charge in [0.05, 0.1) is 0 Å². The molecule has 0 saturated heterocycles. The second-order valence-electron chi connectivity index (χ2n) is 4.64. The molecule has 1 aliphatic rings. The molecular weight excluding hydrogens is 146 g/mol. The highest BCUT2D eigenvalue weighted by atomic mass is 14.9. The minimum Gasteiger partial charge on any atom is -0.317 e. The van der Waals surface area contributed by atoms with Gasteiger partial charge in [-0.3, -0.25) is 0 Å². The SMILES string of the molecule is CN[C@H]1CC[C@H](CC(C)C)CC1. The van der Waals surface area contributed by atoms with Gasteiger partial charge in [-0.05, 0) is 51.0 Å². The van der Waals surface area contributed by atoms with Crippen LogP contribution in [0.5, 0.6) is 0 Å². The fraction of sp³-hybridized carbons (Fsp3) is 1.00. The van der Waals surface area contributed by atoms with Crippen molar-refractivity contribution in [3.63, 3.8) is 0 Å². The van der Waals surface area contributed by atoms with Crippen molar-refractivity contribution < 1.29 is 0 Å². The Morgan fingerprint density at radius 3 is 2.17 bits per heavy atom. The van der Waals surface area contributed by atoms with Crippen molar-refractivity contribution in [3.8, 4) is 0 Å². The molecule has 0 aliphatic heterocycles. The zero-order chi connectivity index (χ0) is 8.97. The van der Waals surface area contributed by atoms with Crippen LogP contribution in [0.15, 0.2) is 0 Å². The molecule has 1 saturated carbocycles. The number of rotatable bonds is 3. The topological polar surface area (TPSA) is 12.0 Å². The van der Waals surface area contributed by atoms with E-state index in [9.17, 15) is 0 Å². The first-order chi connectivity index (χ1) is 5.72. The van der Waals surface area contributed by atoms with Crippen LogP contribution in [-0.4, -0.2) is 13.1 Å². The van der Waals surface area contributed by atoms with E-state index in [0.29, 0.717) is 0 Å². The second kappa shape index (κ2) is 4.86. The van der Waals surface area contributed by atoms with Crippen LogP contribution in [-0.2, 0) is 0 Å². The zero-order valence-corrected chi connectivity index (χ0v) is 8.77. The maximum atomic E-state index is 3.38. The Kier molecular flexibility index (Phi) is 4.07. The van der Waals surface area contributed by atoms with Gasteiger partial charge in [0.15, 0.2) is 0 Å². The average molecular weight is 169 g/mol. The van der Waals surface area contributed by atoms with Gasteiger partial charge in [-0.1, -0.05) is 13.8 Å². The lowest BCUT2D eigenvalue weighted by atomic mass is 9.81. The lowest BCUT2D eigenvalue weighted by molar-refractivity contribution is 0.266. The summed E-state index contributed by atoms with van der Waals surface area (Å²) in [6.07, 6.45) is 7.13. The third kappa shape index (κ3) is 3.14. The van der Waals surface area contributed by atoms with Crippen LogP contribution < -0.4 is 5.32 Å². The van der Waals surface area contributed by atoms with E-state index in [0.717, 1.165) is 17.9 Å². The van der Waals surface area contributed by atoms with Crippen LogP contribution in [0.2, 0.25) is 0 Å². The van der Waals surface area contributed by atoms with Crippen molar-refractivity contribution >= 4 is 0 Å². The third-order valence-electron chi connectivity index (χ3n) is 3.06. The molecule has 1 rings (SSSR count). The minimum atomic E-state index is 0.813. The van der Waals surface area contributed by atoms with E-state index in [1.54, 1.807) is 0 Å². The van der Waals surface area contributed by atoms with Gasteiger partial charge >= 0.3 is 0 Å². The molecule has 72 valence electrons. The Balaban J connectivity index is 2.17. The van der Waals surface area contributed by atoms with Gasteiger partial charge in [0.2, 0.25) is 0 Å². The quantitative estimate of drug-likeness (QED) is 0.685. The summed E-state index contributed by atoms with van der Waals surface area (Å²) in [6, 6.07) is 0.813. The summed E-state index contributed by atoms with van der Waals surface area (Å²) in [5, 5.41) is 3.38. The summed E-state index contributed by atoms with van der Waals surface area (Å²) in [7, 11) is 2.09. The van der Waals surface area contributed by atoms with Gasteiger partial charge < -0.3 is 5.32 Å². The fourth-order valence-corrected chi connectivity index (χ4v) is 2.35. The standard InChI is InChI=1S/C11H23N/c1-9(2)8-10-4-6-11(12-3)7-5-10/h9-12H,4-8H2,1-3H3/t10-,11-. The largest absolute Gasteiger partial charge is 0.317 e. The average Bonchev–Trinajstić information content (AvgIpc) is 2.05. The summed E-state index contributed by atoms with van der Waals surface area (Å²) in [6.45, 7) is 4.67. The predicted molar refractivity (Wildman–Crippen MR) is 54.3 cm³/mol. The van der Waals surface area contributed by atoms with Gasteiger partial charge in [0.1, 0.15) is 0 Å². The normalized spacial score (nSPS) is 31.0. The van der Waals surface area contributed by atoms with E-state index < -0.39 is 0 Å². The molecule has 0 radical (unpaired) electrons. The molecular formula is C11H23N. The Morgan fingerprint density at radius 1 is 1.17 bits per heavy atom. The van der Waals surface area contributed by atoms with Crippen molar-refractivity contribution in [3.05, 3.63) is 0 Å². The Bertz CT molecular complexity index is 112. The maximum absolute atomic E-state index is 3.38. The molecule has 0 bridgehead atoms. The minimum absolute atomic E-state index is 0.813. The van der Waals surface area contributed by atoms with Crippen molar-refractivity contribution in [2.75, 3.05) is 7.05 Å². The van der Waals surface area contributed by atoms with Gasteiger partial charge in [-0.2, -0.15) is 0 Å².